The molecule has 1 N–H and O–H groups in total. The van der Waals surface area contributed by atoms with Gasteiger partial charge in [0.15, 0.2) is 0 Å². The number of carbonyl (C=O) groups is 1. The molecule has 4 heteroatoms. The third kappa shape index (κ3) is 5.29. The molecule has 1 atom stereocenters. The van der Waals surface area contributed by atoms with E-state index < -0.39 is 0 Å². The van der Waals surface area contributed by atoms with E-state index in [1.807, 2.05) is 0 Å². The second-order valence-electron chi connectivity index (χ2n) is 7.94. The third-order valence-electron chi connectivity index (χ3n) is 5.95. The Hall–Kier alpha value is -1.39. The van der Waals surface area contributed by atoms with Crippen LogP contribution in [0.25, 0.3) is 0 Å². The minimum atomic E-state index is -0.0155. The molecule has 1 unspecified atom stereocenters. The number of benzene rings is 1. The van der Waals surface area contributed by atoms with Gasteiger partial charge in [-0.15, -0.1) is 0 Å². The molecular weight excluding hydrogens is 310 g/mol. The van der Waals surface area contributed by atoms with Crippen LogP contribution in [0, 0.1) is 5.92 Å². The smallest absolute Gasteiger partial charge is 0.237 e. The van der Waals surface area contributed by atoms with Crippen molar-refractivity contribution in [2.24, 2.45) is 5.92 Å². The van der Waals surface area contributed by atoms with Crippen LogP contribution in [0.15, 0.2) is 30.3 Å². The van der Waals surface area contributed by atoms with E-state index in [9.17, 15) is 4.79 Å². The Morgan fingerprint density at radius 2 is 1.72 bits per heavy atom. The van der Waals surface area contributed by atoms with Crippen molar-refractivity contribution in [3.63, 3.8) is 0 Å². The van der Waals surface area contributed by atoms with Crippen LogP contribution < -0.4 is 5.32 Å². The van der Waals surface area contributed by atoms with Gasteiger partial charge < -0.3 is 5.32 Å². The van der Waals surface area contributed by atoms with Gasteiger partial charge in [-0.1, -0.05) is 37.3 Å². The molecule has 1 aromatic rings. The number of rotatable bonds is 5. The van der Waals surface area contributed by atoms with Gasteiger partial charge >= 0.3 is 0 Å². The molecule has 3 rings (SSSR count). The number of hydrogen-bond acceptors (Lipinski definition) is 3. The normalized spacial score (nSPS) is 27.0. The molecule has 2 aliphatic rings. The van der Waals surface area contributed by atoms with Gasteiger partial charge in [-0.2, -0.15) is 0 Å². The number of nitrogens with one attached hydrogen (secondary N) is 1. The number of carbonyl (C=O) groups excluding carboxylic acids is 1. The standard InChI is InChI=1S/C21H33N3O/c1-17-8-10-20(11-9-17)22-21(25)18(2)24-14-12-23(13-15-24)16-19-6-4-3-5-7-19/h3-7,17-18,20H,8-16H2,1-2H3,(H,22,25). The summed E-state index contributed by atoms with van der Waals surface area (Å²) >= 11 is 0. The third-order valence-corrected chi connectivity index (χ3v) is 5.95. The van der Waals surface area contributed by atoms with Gasteiger partial charge in [0.2, 0.25) is 5.91 Å². The minimum absolute atomic E-state index is 0.0155. The van der Waals surface area contributed by atoms with Crippen molar-refractivity contribution in [3.8, 4) is 0 Å². The fourth-order valence-corrected chi connectivity index (χ4v) is 4.04. The number of hydrogen-bond donors (Lipinski definition) is 1. The molecule has 25 heavy (non-hydrogen) atoms. The lowest BCUT2D eigenvalue weighted by molar-refractivity contribution is -0.127. The summed E-state index contributed by atoms with van der Waals surface area (Å²) in [6.07, 6.45) is 4.78. The SMILES string of the molecule is CC1CCC(NC(=O)C(C)N2CCN(Cc3ccccc3)CC2)CC1. The van der Waals surface area contributed by atoms with E-state index in [1.165, 1.54) is 18.4 Å². The van der Waals surface area contributed by atoms with Crippen LogP contribution in [0.4, 0.5) is 0 Å². The molecule has 1 saturated carbocycles. The highest BCUT2D eigenvalue weighted by atomic mass is 16.2. The summed E-state index contributed by atoms with van der Waals surface area (Å²) in [7, 11) is 0. The summed E-state index contributed by atoms with van der Waals surface area (Å²) in [5.41, 5.74) is 1.37. The Labute approximate surface area is 152 Å². The van der Waals surface area contributed by atoms with E-state index >= 15 is 0 Å². The molecule has 0 spiro atoms. The molecule has 1 aliphatic carbocycles. The zero-order valence-electron chi connectivity index (χ0n) is 15.8. The monoisotopic (exact) mass is 343 g/mol. The highest BCUT2D eigenvalue weighted by molar-refractivity contribution is 5.81. The van der Waals surface area contributed by atoms with Crippen molar-refractivity contribution >= 4 is 5.91 Å². The van der Waals surface area contributed by atoms with Crippen LogP contribution in [-0.4, -0.2) is 54.0 Å². The lowest BCUT2D eigenvalue weighted by atomic mass is 9.87. The summed E-state index contributed by atoms with van der Waals surface area (Å²) in [4.78, 5) is 17.4. The fraction of sp³-hybridized carbons (Fsp3) is 0.667. The van der Waals surface area contributed by atoms with Gasteiger partial charge in [-0.25, -0.2) is 0 Å². The summed E-state index contributed by atoms with van der Waals surface area (Å²) < 4.78 is 0. The molecule has 4 nitrogen and oxygen atoms in total. The maximum absolute atomic E-state index is 12.6. The van der Waals surface area contributed by atoms with Gasteiger partial charge in [-0.05, 0) is 44.1 Å². The number of nitrogens with zero attached hydrogens (tertiary/aromatic N) is 2. The van der Waals surface area contributed by atoms with Crippen LogP contribution in [0.1, 0.15) is 45.1 Å². The van der Waals surface area contributed by atoms with Gasteiger partial charge in [0.1, 0.15) is 0 Å². The lowest BCUT2D eigenvalue weighted by Crippen LogP contribution is -2.55. The summed E-state index contributed by atoms with van der Waals surface area (Å²) in [5, 5.41) is 3.29. The zero-order chi connectivity index (χ0) is 17.6. The number of amides is 1. The maximum Gasteiger partial charge on any atom is 0.237 e. The van der Waals surface area contributed by atoms with Crippen LogP contribution in [0.5, 0.6) is 0 Å². The van der Waals surface area contributed by atoms with Crippen molar-refractivity contribution < 1.29 is 4.79 Å². The van der Waals surface area contributed by atoms with E-state index in [2.05, 4.69) is 59.3 Å². The molecule has 138 valence electrons. The van der Waals surface area contributed by atoms with Crippen molar-refractivity contribution in [1.29, 1.82) is 0 Å². The first-order valence-electron chi connectivity index (χ1n) is 9.92. The molecule has 1 heterocycles. The van der Waals surface area contributed by atoms with E-state index in [-0.39, 0.29) is 11.9 Å². The molecule has 0 aromatic heterocycles. The van der Waals surface area contributed by atoms with Crippen LogP contribution in [-0.2, 0) is 11.3 Å². The van der Waals surface area contributed by atoms with Crippen molar-refractivity contribution in [2.75, 3.05) is 26.2 Å². The summed E-state index contributed by atoms with van der Waals surface area (Å²) in [6.45, 7) is 9.41. The Balaban J connectivity index is 1.41. The molecule has 2 fully saturated rings. The van der Waals surface area contributed by atoms with Gasteiger partial charge in [0.05, 0.1) is 6.04 Å². The predicted molar refractivity (Wildman–Crippen MR) is 102 cm³/mol. The van der Waals surface area contributed by atoms with Crippen LogP contribution in [0.2, 0.25) is 0 Å². The molecule has 1 amide bonds. The summed E-state index contributed by atoms with van der Waals surface area (Å²) in [5.74, 6) is 1.04. The predicted octanol–water partition coefficient (Wildman–Crippen LogP) is 2.89. The molecule has 1 saturated heterocycles. The summed E-state index contributed by atoms with van der Waals surface area (Å²) in [6, 6.07) is 11.0. The Bertz CT molecular complexity index is 531. The average Bonchev–Trinajstić information content (AvgIpc) is 2.64. The van der Waals surface area contributed by atoms with Gasteiger partial charge in [0, 0.05) is 38.8 Å². The second kappa shape index (κ2) is 8.81. The first kappa shape index (κ1) is 18.4. The van der Waals surface area contributed by atoms with E-state index in [0.29, 0.717) is 6.04 Å². The first-order chi connectivity index (χ1) is 12.1. The average molecular weight is 344 g/mol. The quantitative estimate of drug-likeness (QED) is 0.893. The molecule has 1 aliphatic heterocycles. The van der Waals surface area contributed by atoms with Crippen molar-refractivity contribution in [3.05, 3.63) is 35.9 Å². The molecule has 0 radical (unpaired) electrons. The van der Waals surface area contributed by atoms with E-state index in [4.69, 9.17) is 0 Å². The van der Waals surface area contributed by atoms with Crippen molar-refractivity contribution in [2.45, 2.75) is 58.2 Å². The molecule has 0 bridgehead atoms. The lowest BCUT2D eigenvalue weighted by Gasteiger charge is -2.38. The minimum Gasteiger partial charge on any atom is -0.352 e. The molecule has 1 aromatic carbocycles. The fourth-order valence-electron chi connectivity index (χ4n) is 4.04. The highest BCUT2D eigenvalue weighted by Gasteiger charge is 2.27. The van der Waals surface area contributed by atoms with Crippen LogP contribution in [0.3, 0.4) is 0 Å². The van der Waals surface area contributed by atoms with Gasteiger partial charge in [0.25, 0.3) is 0 Å². The van der Waals surface area contributed by atoms with Crippen LogP contribution >= 0.6 is 0 Å². The Morgan fingerprint density at radius 3 is 2.36 bits per heavy atom. The number of piperazine rings is 1. The van der Waals surface area contributed by atoms with E-state index in [1.54, 1.807) is 0 Å². The largest absolute Gasteiger partial charge is 0.352 e. The highest BCUT2D eigenvalue weighted by Crippen LogP contribution is 2.23. The van der Waals surface area contributed by atoms with E-state index in [0.717, 1.165) is 51.5 Å². The Morgan fingerprint density at radius 1 is 1.08 bits per heavy atom. The van der Waals surface area contributed by atoms with Crippen molar-refractivity contribution in [1.82, 2.24) is 15.1 Å². The maximum atomic E-state index is 12.6. The second-order valence-corrected chi connectivity index (χ2v) is 7.94. The Kier molecular flexibility index (Phi) is 6.49. The molecular formula is C21H33N3O. The first-order valence-corrected chi connectivity index (χ1v) is 9.92. The van der Waals surface area contributed by atoms with Gasteiger partial charge in [-0.3, -0.25) is 14.6 Å². The topological polar surface area (TPSA) is 35.6 Å². The zero-order valence-corrected chi connectivity index (χ0v) is 15.8.